The molecular formula is C23H25N7OS. The van der Waals surface area contributed by atoms with E-state index in [0.29, 0.717) is 6.54 Å². The van der Waals surface area contributed by atoms with Crippen molar-refractivity contribution < 1.29 is 4.79 Å². The first-order valence-corrected chi connectivity index (χ1v) is 11.6. The first-order chi connectivity index (χ1) is 15.5. The van der Waals surface area contributed by atoms with E-state index in [2.05, 4.69) is 15.3 Å². The molecule has 1 unspecified atom stereocenters. The number of aromatic nitrogens is 5. The van der Waals surface area contributed by atoms with Crippen molar-refractivity contribution in [2.45, 2.75) is 39.2 Å². The van der Waals surface area contributed by atoms with Gasteiger partial charge in [0.25, 0.3) is 0 Å². The third kappa shape index (κ3) is 4.34. The van der Waals surface area contributed by atoms with Crippen molar-refractivity contribution in [2.24, 2.45) is 0 Å². The molecule has 1 amide bonds. The number of hydrogen-bond acceptors (Lipinski definition) is 7. The number of imidazole rings is 1. The molecule has 0 spiro atoms. The van der Waals surface area contributed by atoms with Gasteiger partial charge in [0.15, 0.2) is 5.13 Å². The number of carbonyl (C=O) groups excluding carboxylic acids is 1. The molecule has 4 aromatic rings. The number of rotatable bonds is 5. The molecular weight excluding hydrogens is 422 g/mol. The molecule has 1 aliphatic heterocycles. The number of thiazole rings is 1. The summed E-state index contributed by atoms with van der Waals surface area (Å²) < 4.78 is 1.92. The minimum Gasteiger partial charge on any atom is -0.340 e. The Labute approximate surface area is 190 Å². The Hall–Kier alpha value is -3.33. The molecule has 1 saturated heterocycles. The molecule has 9 heteroatoms. The highest BCUT2D eigenvalue weighted by molar-refractivity contribution is 7.15. The van der Waals surface area contributed by atoms with E-state index < -0.39 is 0 Å². The lowest BCUT2D eigenvalue weighted by Crippen LogP contribution is -2.41. The van der Waals surface area contributed by atoms with E-state index in [4.69, 9.17) is 9.97 Å². The SMILES string of the molecule is Cc1cc(Nc2ncc(C)s2)nc(C2CCCN(C(=O)Cn3cnc4ccccc43)C2)n1. The van der Waals surface area contributed by atoms with Crippen molar-refractivity contribution in [3.05, 3.63) is 59.3 Å². The standard InChI is InChI=1S/C23H25N7OS/c1-15-10-20(28-23-24-11-16(2)32-23)27-22(26-15)17-6-5-9-29(12-17)21(31)13-30-14-25-18-7-3-4-8-19(18)30/h3-4,7-8,10-11,14,17H,5-6,9,12-13H2,1-2H3,(H,24,26,27,28). The Morgan fingerprint density at radius 3 is 2.94 bits per heavy atom. The van der Waals surface area contributed by atoms with E-state index in [1.807, 2.05) is 59.8 Å². The molecule has 0 bridgehead atoms. The second kappa shape index (κ2) is 8.66. The highest BCUT2D eigenvalue weighted by atomic mass is 32.1. The molecule has 32 heavy (non-hydrogen) atoms. The molecule has 0 aliphatic carbocycles. The van der Waals surface area contributed by atoms with Gasteiger partial charge in [-0.2, -0.15) is 0 Å². The number of likely N-dealkylation sites (tertiary alicyclic amines) is 1. The minimum absolute atomic E-state index is 0.0992. The maximum atomic E-state index is 13.1. The monoisotopic (exact) mass is 447 g/mol. The summed E-state index contributed by atoms with van der Waals surface area (Å²) in [4.78, 5) is 34.4. The number of carbonyl (C=O) groups is 1. The number of benzene rings is 1. The van der Waals surface area contributed by atoms with Crippen LogP contribution >= 0.6 is 11.3 Å². The second-order valence-corrected chi connectivity index (χ2v) is 9.43. The lowest BCUT2D eigenvalue weighted by atomic mass is 9.97. The number of hydrogen-bond donors (Lipinski definition) is 1. The van der Waals surface area contributed by atoms with Crippen molar-refractivity contribution in [2.75, 3.05) is 18.4 Å². The summed E-state index contributed by atoms with van der Waals surface area (Å²) in [6.45, 7) is 5.68. The van der Waals surface area contributed by atoms with Gasteiger partial charge in [-0.1, -0.05) is 12.1 Å². The van der Waals surface area contributed by atoms with Gasteiger partial charge < -0.3 is 14.8 Å². The van der Waals surface area contributed by atoms with Crippen molar-refractivity contribution in [3.63, 3.8) is 0 Å². The zero-order valence-corrected chi connectivity index (χ0v) is 19.0. The number of piperidine rings is 1. The minimum atomic E-state index is 0.0992. The molecule has 4 heterocycles. The van der Waals surface area contributed by atoms with Gasteiger partial charge in [0, 0.05) is 41.8 Å². The predicted molar refractivity (Wildman–Crippen MR) is 125 cm³/mol. The lowest BCUT2D eigenvalue weighted by molar-refractivity contribution is -0.133. The van der Waals surface area contributed by atoms with E-state index in [0.717, 1.165) is 57.8 Å². The van der Waals surface area contributed by atoms with Gasteiger partial charge in [0.1, 0.15) is 18.2 Å². The van der Waals surface area contributed by atoms with Gasteiger partial charge in [0.05, 0.1) is 17.4 Å². The van der Waals surface area contributed by atoms with Crippen LogP contribution in [0.15, 0.2) is 42.9 Å². The Morgan fingerprint density at radius 1 is 1.22 bits per heavy atom. The number of nitrogens with one attached hydrogen (secondary N) is 1. The third-order valence-corrected chi connectivity index (χ3v) is 6.53. The summed E-state index contributed by atoms with van der Waals surface area (Å²) in [5.41, 5.74) is 2.78. The van der Waals surface area contributed by atoms with Crippen LogP contribution in [0.25, 0.3) is 11.0 Å². The van der Waals surface area contributed by atoms with Crippen molar-refractivity contribution in [3.8, 4) is 0 Å². The van der Waals surface area contributed by atoms with E-state index in [1.165, 1.54) is 0 Å². The van der Waals surface area contributed by atoms with Crippen LogP contribution in [0.3, 0.4) is 0 Å². The maximum Gasteiger partial charge on any atom is 0.242 e. The highest BCUT2D eigenvalue weighted by Crippen LogP contribution is 2.27. The van der Waals surface area contributed by atoms with Gasteiger partial charge in [0.2, 0.25) is 5.91 Å². The van der Waals surface area contributed by atoms with Crippen LogP contribution in [0.5, 0.6) is 0 Å². The Morgan fingerprint density at radius 2 is 2.09 bits per heavy atom. The number of amides is 1. The highest BCUT2D eigenvalue weighted by Gasteiger charge is 2.27. The van der Waals surface area contributed by atoms with Crippen LogP contribution in [0.1, 0.15) is 35.2 Å². The smallest absolute Gasteiger partial charge is 0.242 e. The number of nitrogens with zero attached hydrogens (tertiary/aromatic N) is 6. The zero-order valence-electron chi connectivity index (χ0n) is 18.2. The normalized spacial score (nSPS) is 16.4. The molecule has 5 rings (SSSR count). The Kier molecular flexibility index (Phi) is 5.57. The van der Waals surface area contributed by atoms with Crippen LogP contribution in [-0.4, -0.2) is 48.4 Å². The van der Waals surface area contributed by atoms with Crippen molar-refractivity contribution in [1.29, 1.82) is 0 Å². The van der Waals surface area contributed by atoms with E-state index in [1.54, 1.807) is 17.7 Å². The number of aryl methyl sites for hydroxylation is 2. The van der Waals surface area contributed by atoms with Gasteiger partial charge >= 0.3 is 0 Å². The van der Waals surface area contributed by atoms with Gasteiger partial charge in [-0.3, -0.25) is 4.79 Å². The quantitative estimate of drug-likeness (QED) is 0.497. The zero-order chi connectivity index (χ0) is 22.1. The summed E-state index contributed by atoms with van der Waals surface area (Å²) in [5, 5.41) is 4.11. The summed E-state index contributed by atoms with van der Waals surface area (Å²) in [6.07, 6.45) is 5.49. The lowest BCUT2D eigenvalue weighted by Gasteiger charge is -2.32. The summed E-state index contributed by atoms with van der Waals surface area (Å²) in [7, 11) is 0. The van der Waals surface area contributed by atoms with Crippen LogP contribution in [-0.2, 0) is 11.3 Å². The Balaban J connectivity index is 1.30. The largest absolute Gasteiger partial charge is 0.340 e. The fraction of sp³-hybridized carbons (Fsp3) is 0.348. The molecule has 1 fully saturated rings. The summed E-state index contributed by atoms with van der Waals surface area (Å²) >= 11 is 1.59. The number of para-hydroxylation sites is 2. The average Bonchev–Trinajstić information content (AvgIpc) is 3.39. The topological polar surface area (TPSA) is 88.8 Å². The predicted octanol–water partition coefficient (Wildman–Crippen LogP) is 4.05. The fourth-order valence-electron chi connectivity index (χ4n) is 4.16. The average molecular weight is 448 g/mol. The van der Waals surface area contributed by atoms with Gasteiger partial charge in [-0.05, 0) is 38.8 Å². The second-order valence-electron chi connectivity index (χ2n) is 8.19. The summed E-state index contributed by atoms with van der Waals surface area (Å²) in [6, 6.07) is 9.80. The van der Waals surface area contributed by atoms with Crippen molar-refractivity contribution >= 4 is 39.2 Å². The van der Waals surface area contributed by atoms with E-state index in [-0.39, 0.29) is 18.4 Å². The first-order valence-electron chi connectivity index (χ1n) is 10.8. The molecule has 164 valence electrons. The van der Waals surface area contributed by atoms with Gasteiger partial charge in [-0.25, -0.2) is 19.9 Å². The summed E-state index contributed by atoms with van der Waals surface area (Å²) in [5.74, 6) is 1.74. The Bertz CT molecular complexity index is 1260. The number of fused-ring (bicyclic) bond motifs is 1. The van der Waals surface area contributed by atoms with Crippen LogP contribution in [0.4, 0.5) is 10.9 Å². The van der Waals surface area contributed by atoms with Crippen LogP contribution < -0.4 is 5.32 Å². The molecule has 1 aliphatic rings. The molecule has 1 atom stereocenters. The molecule has 1 aromatic carbocycles. The fourth-order valence-corrected chi connectivity index (χ4v) is 4.83. The van der Waals surface area contributed by atoms with Crippen molar-refractivity contribution in [1.82, 2.24) is 29.4 Å². The van der Waals surface area contributed by atoms with E-state index in [9.17, 15) is 4.79 Å². The van der Waals surface area contributed by atoms with Crippen LogP contribution in [0.2, 0.25) is 0 Å². The molecule has 8 nitrogen and oxygen atoms in total. The first kappa shape index (κ1) is 20.6. The molecule has 0 radical (unpaired) electrons. The van der Waals surface area contributed by atoms with Crippen LogP contribution in [0, 0.1) is 13.8 Å². The third-order valence-electron chi connectivity index (χ3n) is 5.70. The van der Waals surface area contributed by atoms with E-state index >= 15 is 0 Å². The molecule has 1 N–H and O–H groups in total. The maximum absolute atomic E-state index is 13.1. The number of anilines is 2. The van der Waals surface area contributed by atoms with Gasteiger partial charge in [-0.15, -0.1) is 11.3 Å². The molecule has 3 aromatic heterocycles. The molecule has 0 saturated carbocycles.